The van der Waals surface area contributed by atoms with Gasteiger partial charge in [-0.05, 0) is 50.0 Å². The van der Waals surface area contributed by atoms with Crippen LogP contribution in [0.5, 0.6) is 0 Å². The first-order valence-corrected chi connectivity index (χ1v) is 6.78. The molecule has 2 atom stereocenters. The van der Waals surface area contributed by atoms with Crippen LogP contribution in [0.15, 0.2) is 24.3 Å². The van der Waals surface area contributed by atoms with Gasteiger partial charge < -0.3 is 10.6 Å². The Kier molecular flexibility index (Phi) is 4.61. The van der Waals surface area contributed by atoms with E-state index in [9.17, 15) is 4.79 Å². The highest BCUT2D eigenvalue weighted by Gasteiger charge is 2.19. The number of amides is 1. The van der Waals surface area contributed by atoms with Crippen molar-refractivity contribution in [1.29, 1.82) is 0 Å². The molecule has 1 aliphatic rings. The van der Waals surface area contributed by atoms with Crippen LogP contribution in [0.3, 0.4) is 0 Å². The molecule has 1 aromatic rings. The molecule has 1 heterocycles. The lowest BCUT2D eigenvalue weighted by Crippen LogP contribution is -2.28. The molecule has 3 nitrogen and oxygen atoms in total. The van der Waals surface area contributed by atoms with Gasteiger partial charge in [0.05, 0.1) is 6.04 Å². The molecule has 18 heavy (non-hydrogen) atoms. The summed E-state index contributed by atoms with van der Waals surface area (Å²) in [7, 11) is 0. The van der Waals surface area contributed by atoms with Crippen molar-refractivity contribution in [3.05, 3.63) is 34.9 Å². The Hall–Kier alpha value is -1.06. The largest absolute Gasteiger partial charge is 0.350 e. The van der Waals surface area contributed by atoms with Gasteiger partial charge in [0.1, 0.15) is 0 Å². The van der Waals surface area contributed by atoms with Crippen LogP contribution in [0.25, 0.3) is 0 Å². The third kappa shape index (κ3) is 3.72. The number of benzene rings is 1. The molecule has 0 radical (unpaired) electrons. The zero-order valence-corrected chi connectivity index (χ0v) is 11.3. The predicted octanol–water partition coefficient (Wildman–Crippen LogP) is 2.52. The van der Waals surface area contributed by atoms with Crippen LogP contribution < -0.4 is 10.6 Å². The van der Waals surface area contributed by atoms with E-state index in [0.29, 0.717) is 17.4 Å². The van der Waals surface area contributed by atoms with Crippen molar-refractivity contribution in [2.75, 3.05) is 13.1 Å². The number of nitrogens with one attached hydrogen (secondary N) is 2. The summed E-state index contributed by atoms with van der Waals surface area (Å²) in [6, 6.07) is 7.62. The molecule has 0 aliphatic carbocycles. The Morgan fingerprint density at radius 3 is 3.11 bits per heavy atom. The molecule has 0 bridgehead atoms. The van der Waals surface area contributed by atoms with Gasteiger partial charge in [0, 0.05) is 11.4 Å². The lowest BCUT2D eigenvalue weighted by molar-refractivity contribution is -0.122. The van der Waals surface area contributed by atoms with Gasteiger partial charge in [-0.3, -0.25) is 4.79 Å². The Morgan fingerprint density at radius 2 is 2.44 bits per heavy atom. The second-order valence-corrected chi connectivity index (χ2v) is 5.34. The maximum atomic E-state index is 11.9. The van der Waals surface area contributed by atoms with Crippen LogP contribution in [0.2, 0.25) is 5.02 Å². The minimum atomic E-state index is 0.00515. The maximum Gasteiger partial charge on any atom is 0.220 e. The van der Waals surface area contributed by atoms with Gasteiger partial charge in [-0.1, -0.05) is 23.7 Å². The normalized spacial score (nSPS) is 20.7. The molecule has 98 valence electrons. The molecular weight excluding hydrogens is 248 g/mol. The van der Waals surface area contributed by atoms with Gasteiger partial charge in [0.2, 0.25) is 5.91 Å². The van der Waals surface area contributed by atoms with Crippen molar-refractivity contribution in [3.63, 3.8) is 0 Å². The summed E-state index contributed by atoms with van der Waals surface area (Å²) < 4.78 is 0. The van der Waals surface area contributed by atoms with E-state index < -0.39 is 0 Å². The zero-order chi connectivity index (χ0) is 13.0. The van der Waals surface area contributed by atoms with Crippen LogP contribution in [0.4, 0.5) is 0 Å². The van der Waals surface area contributed by atoms with Gasteiger partial charge in [0.25, 0.3) is 0 Å². The van der Waals surface area contributed by atoms with E-state index in [0.717, 1.165) is 25.1 Å². The number of carbonyl (C=O) groups excluding carboxylic acids is 1. The second-order valence-electron chi connectivity index (χ2n) is 4.91. The number of hydrogen-bond donors (Lipinski definition) is 2. The molecule has 1 saturated heterocycles. The molecule has 0 saturated carbocycles. The molecule has 1 unspecified atom stereocenters. The SMILES string of the molecule is C[C@H](NC(=O)CC1CCNC1)c1cccc(Cl)c1. The molecule has 2 rings (SSSR count). The van der Waals surface area contributed by atoms with E-state index in [2.05, 4.69) is 10.6 Å². The van der Waals surface area contributed by atoms with E-state index in [1.807, 2.05) is 31.2 Å². The zero-order valence-electron chi connectivity index (χ0n) is 10.6. The lowest BCUT2D eigenvalue weighted by atomic mass is 10.0. The molecule has 1 aromatic carbocycles. The highest BCUT2D eigenvalue weighted by Crippen LogP contribution is 2.18. The first kappa shape index (κ1) is 13.4. The van der Waals surface area contributed by atoms with E-state index in [1.165, 1.54) is 0 Å². The standard InChI is InChI=1S/C14H19ClN2O/c1-10(12-3-2-4-13(15)8-12)17-14(18)7-11-5-6-16-9-11/h2-4,8,10-11,16H,5-7,9H2,1H3,(H,17,18)/t10-,11?/m0/s1. The minimum Gasteiger partial charge on any atom is -0.350 e. The fourth-order valence-corrected chi connectivity index (χ4v) is 2.51. The van der Waals surface area contributed by atoms with Crippen molar-refractivity contribution < 1.29 is 4.79 Å². The summed E-state index contributed by atoms with van der Waals surface area (Å²) in [5.74, 6) is 0.604. The topological polar surface area (TPSA) is 41.1 Å². The van der Waals surface area contributed by atoms with E-state index in [1.54, 1.807) is 0 Å². The Morgan fingerprint density at radius 1 is 1.61 bits per heavy atom. The molecular formula is C14H19ClN2O. The van der Waals surface area contributed by atoms with Gasteiger partial charge in [-0.25, -0.2) is 0 Å². The molecule has 2 N–H and O–H groups in total. The first-order valence-electron chi connectivity index (χ1n) is 6.40. The Labute approximate surface area is 113 Å². The molecule has 4 heteroatoms. The Bertz CT molecular complexity index is 416. The van der Waals surface area contributed by atoms with Crippen molar-refractivity contribution in [2.24, 2.45) is 5.92 Å². The third-order valence-electron chi connectivity index (χ3n) is 3.36. The monoisotopic (exact) mass is 266 g/mol. The van der Waals surface area contributed by atoms with Crippen LogP contribution in [-0.4, -0.2) is 19.0 Å². The van der Waals surface area contributed by atoms with Crippen molar-refractivity contribution in [3.8, 4) is 0 Å². The highest BCUT2D eigenvalue weighted by atomic mass is 35.5. The van der Waals surface area contributed by atoms with Crippen molar-refractivity contribution in [1.82, 2.24) is 10.6 Å². The minimum absolute atomic E-state index is 0.00515. The number of carbonyl (C=O) groups is 1. The summed E-state index contributed by atoms with van der Waals surface area (Å²) >= 11 is 5.94. The van der Waals surface area contributed by atoms with E-state index in [-0.39, 0.29) is 11.9 Å². The molecule has 1 fully saturated rings. The van der Waals surface area contributed by atoms with Crippen LogP contribution in [0.1, 0.15) is 31.4 Å². The quantitative estimate of drug-likeness (QED) is 0.879. The van der Waals surface area contributed by atoms with Gasteiger partial charge in [0.15, 0.2) is 0 Å². The highest BCUT2D eigenvalue weighted by molar-refractivity contribution is 6.30. The van der Waals surface area contributed by atoms with Crippen molar-refractivity contribution in [2.45, 2.75) is 25.8 Å². The fourth-order valence-electron chi connectivity index (χ4n) is 2.31. The summed E-state index contributed by atoms with van der Waals surface area (Å²) in [5.41, 5.74) is 1.04. The van der Waals surface area contributed by atoms with Gasteiger partial charge >= 0.3 is 0 Å². The summed E-state index contributed by atoms with van der Waals surface area (Å²) in [6.07, 6.45) is 1.71. The smallest absolute Gasteiger partial charge is 0.220 e. The van der Waals surface area contributed by atoms with Gasteiger partial charge in [-0.15, -0.1) is 0 Å². The van der Waals surface area contributed by atoms with Gasteiger partial charge in [-0.2, -0.15) is 0 Å². The summed E-state index contributed by atoms with van der Waals surface area (Å²) in [5, 5.41) is 7.00. The van der Waals surface area contributed by atoms with E-state index in [4.69, 9.17) is 11.6 Å². The molecule has 0 spiro atoms. The molecule has 1 amide bonds. The van der Waals surface area contributed by atoms with Crippen molar-refractivity contribution >= 4 is 17.5 Å². The van der Waals surface area contributed by atoms with Crippen LogP contribution in [0, 0.1) is 5.92 Å². The number of halogens is 1. The third-order valence-corrected chi connectivity index (χ3v) is 3.60. The predicted molar refractivity (Wildman–Crippen MR) is 73.6 cm³/mol. The fraction of sp³-hybridized carbons (Fsp3) is 0.500. The number of hydrogen-bond acceptors (Lipinski definition) is 2. The van der Waals surface area contributed by atoms with Crippen LogP contribution in [-0.2, 0) is 4.79 Å². The number of rotatable bonds is 4. The molecule has 0 aromatic heterocycles. The van der Waals surface area contributed by atoms with E-state index >= 15 is 0 Å². The Balaban J connectivity index is 1.86. The maximum absolute atomic E-state index is 11.9. The summed E-state index contributed by atoms with van der Waals surface area (Å²) in [4.78, 5) is 11.9. The average molecular weight is 267 g/mol. The lowest BCUT2D eigenvalue weighted by Gasteiger charge is -2.16. The second kappa shape index (κ2) is 6.21. The first-order chi connectivity index (χ1) is 8.65. The summed E-state index contributed by atoms with van der Waals surface area (Å²) in [6.45, 7) is 3.97. The average Bonchev–Trinajstić information content (AvgIpc) is 2.81. The molecule has 1 aliphatic heterocycles. The van der Waals surface area contributed by atoms with Crippen LogP contribution >= 0.6 is 11.6 Å².